The Hall–Kier alpha value is -1.27. The number of hydrogen-bond donors (Lipinski definition) is 0. The molecule has 27 heavy (non-hydrogen) atoms. The topological polar surface area (TPSA) is 36.4 Å². The molecule has 0 bridgehead atoms. The molecule has 1 aromatic carbocycles. The van der Waals surface area contributed by atoms with Crippen molar-refractivity contribution in [3.05, 3.63) is 62.3 Å². The first-order valence-electron chi connectivity index (χ1n) is 9.31. The van der Waals surface area contributed by atoms with Crippen molar-refractivity contribution in [1.82, 2.24) is 14.8 Å². The van der Waals surface area contributed by atoms with Gasteiger partial charge in [-0.2, -0.15) is 0 Å². The zero-order valence-corrected chi connectivity index (χ0v) is 17.9. The molecule has 6 heteroatoms. The summed E-state index contributed by atoms with van der Waals surface area (Å²) in [6, 6.07) is 8.36. The number of piperazine rings is 1. The molecule has 1 aromatic heterocycles. The fourth-order valence-electron chi connectivity index (χ4n) is 4.35. The van der Waals surface area contributed by atoms with Gasteiger partial charge in [0, 0.05) is 35.3 Å². The van der Waals surface area contributed by atoms with Crippen LogP contribution in [0.25, 0.3) is 0 Å². The number of ketones is 1. The molecule has 142 valence electrons. The predicted molar refractivity (Wildman–Crippen MR) is 111 cm³/mol. The molecule has 1 fully saturated rings. The molecule has 0 spiro atoms. The van der Waals surface area contributed by atoms with Crippen LogP contribution in [0.2, 0.25) is 5.02 Å². The van der Waals surface area contributed by atoms with Crippen molar-refractivity contribution >= 4 is 33.3 Å². The van der Waals surface area contributed by atoms with E-state index in [4.69, 9.17) is 16.6 Å². The van der Waals surface area contributed by atoms with Crippen LogP contribution in [0.3, 0.4) is 0 Å². The van der Waals surface area contributed by atoms with Gasteiger partial charge in [-0.3, -0.25) is 19.6 Å². The number of nitrogens with zero attached hydrogens (tertiary/aromatic N) is 3. The van der Waals surface area contributed by atoms with E-state index in [0.29, 0.717) is 0 Å². The lowest BCUT2D eigenvalue weighted by molar-refractivity contribution is -0.124. The maximum atomic E-state index is 12.2. The van der Waals surface area contributed by atoms with E-state index in [1.165, 1.54) is 16.7 Å². The molecule has 1 saturated heterocycles. The monoisotopic (exact) mass is 447 g/mol. The van der Waals surface area contributed by atoms with Crippen molar-refractivity contribution in [3.63, 3.8) is 0 Å². The molecule has 0 amide bonds. The number of fused-ring (bicyclic) bond motifs is 2. The van der Waals surface area contributed by atoms with Crippen LogP contribution in [0.1, 0.15) is 35.3 Å². The predicted octanol–water partition coefficient (Wildman–Crippen LogP) is 3.89. The molecule has 2 atom stereocenters. The van der Waals surface area contributed by atoms with Gasteiger partial charge in [0.05, 0.1) is 17.8 Å². The van der Waals surface area contributed by atoms with Crippen LogP contribution in [0.4, 0.5) is 0 Å². The number of aromatic nitrogens is 1. The summed E-state index contributed by atoms with van der Waals surface area (Å²) >= 11 is 9.86. The number of pyridine rings is 1. The molecule has 2 heterocycles. The van der Waals surface area contributed by atoms with E-state index in [1.807, 2.05) is 19.3 Å². The molecule has 4 rings (SSSR count). The first-order valence-corrected chi connectivity index (χ1v) is 10.5. The number of rotatable bonds is 2. The standard InChI is InChI=1S/C21H23BrClN3O/c1-13(27)19-12-26(8-7-25(19)2)21-18-6-5-17(23)10-14(18)3-4-15-9-16(22)11-24-20(15)21/h5-6,9-11,19,21H,3-4,7-8,12H2,1-2H3/t19-,21+/m1/s1. The minimum Gasteiger partial charge on any atom is -0.298 e. The third kappa shape index (κ3) is 3.70. The van der Waals surface area contributed by atoms with E-state index in [2.05, 4.69) is 43.9 Å². The molecule has 2 aromatic rings. The van der Waals surface area contributed by atoms with Crippen LogP contribution in [0, 0.1) is 0 Å². The summed E-state index contributed by atoms with van der Waals surface area (Å²) < 4.78 is 1.00. The van der Waals surface area contributed by atoms with Gasteiger partial charge in [0.1, 0.15) is 5.78 Å². The van der Waals surface area contributed by atoms with Crippen molar-refractivity contribution in [1.29, 1.82) is 0 Å². The Kier molecular flexibility index (Phi) is 5.39. The van der Waals surface area contributed by atoms with Gasteiger partial charge in [0.15, 0.2) is 0 Å². The third-order valence-electron chi connectivity index (χ3n) is 5.80. The number of likely N-dealkylation sites (N-methyl/N-ethyl adjacent to an activating group) is 1. The number of carbonyl (C=O) groups is 1. The van der Waals surface area contributed by atoms with E-state index in [1.54, 1.807) is 6.92 Å². The van der Waals surface area contributed by atoms with E-state index in [-0.39, 0.29) is 17.9 Å². The highest BCUT2D eigenvalue weighted by atomic mass is 79.9. The zero-order valence-electron chi connectivity index (χ0n) is 15.6. The minimum absolute atomic E-state index is 0.0541. The van der Waals surface area contributed by atoms with Gasteiger partial charge in [-0.05, 0) is 77.6 Å². The van der Waals surface area contributed by atoms with Crippen LogP contribution < -0.4 is 0 Å². The molecule has 2 aliphatic rings. The summed E-state index contributed by atoms with van der Waals surface area (Å²) in [6.07, 6.45) is 3.77. The van der Waals surface area contributed by atoms with Gasteiger partial charge in [0.25, 0.3) is 0 Å². The smallest absolute Gasteiger partial charge is 0.148 e. The second kappa shape index (κ2) is 7.63. The highest BCUT2D eigenvalue weighted by Gasteiger charge is 2.36. The molecule has 0 saturated carbocycles. The molecule has 1 aliphatic heterocycles. The molecule has 0 N–H and O–H groups in total. The zero-order chi connectivity index (χ0) is 19.1. The largest absolute Gasteiger partial charge is 0.298 e. The lowest BCUT2D eigenvalue weighted by Crippen LogP contribution is -2.55. The summed E-state index contributed by atoms with van der Waals surface area (Å²) in [5.41, 5.74) is 4.91. The highest BCUT2D eigenvalue weighted by molar-refractivity contribution is 9.10. The molecule has 0 radical (unpaired) electrons. The Bertz CT molecular complexity index is 834. The fraction of sp³-hybridized carbons (Fsp3) is 0.429. The van der Waals surface area contributed by atoms with Gasteiger partial charge >= 0.3 is 0 Å². The fourth-order valence-corrected chi connectivity index (χ4v) is 4.92. The van der Waals surface area contributed by atoms with Crippen LogP contribution in [-0.2, 0) is 17.6 Å². The SMILES string of the molecule is CC(=O)[C@H]1CN([C@H]2c3ccc(Cl)cc3CCc3cc(Br)cnc32)CCN1C. The minimum atomic E-state index is -0.0725. The molecular formula is C21H23BrClN3O. The summed E-state index contributed by atoms with van der Waals surface area (Å²) in [5.74, 6) is 0.219. The molecule has 0 unspecified atom stereocenters. The summed E-state index contributed by atoms with van der Waals surface area (Å²) in [4.78, 5) is 21.6. The molecule has 4 nitrogen and oxygen atoms in total. The van der Waals surface area contributed by atoms with Crippen LogP contribution in [0.5, 0.6) is 0 Å². The van der Waals surface area contributed by atoms with Crippen LogP contribution in [-0.4, -0.2) is 53.3 Å². The number of aryl methyl sites for hydroxylation is 2. The first-order chi connectivity index (χ1) is 12.9. The average molecular weight is 449 g/mol. The molecular weight excluding hydrogens is 426 g/mol. The van der Waals surface area contributed by atoms with E-state index >= 15 is 0 Å². The van der Waals surface area contributed by atoms with Crippen molar-refractivity contribution in [2.75, 3.05) is 26.7 Å². The van der Waals surface area contributed by atoms with Crippen molar-refractivity contribution < 1.29 is 4.79 Å². The second-order valence-electron chi connectivity index (χ2n) is 7.55. The first kappa shape index (κ1) is 19.1. The lowest BCUT2D eigenvalue weighted by atomic mass is 9.95. The van der Waals surface area contributed by atoms with Gasteiger partial charge in [-0.1, -0.05) is 17.7 Å². The maximum absolute atomic E-state index is 12.2. The quantitative estimate of drug-likeness (QED) is 0.698. The van der Waals surface area contributed by atoms with E-state index < -0.39 is 0 Å². The Morgan fingerprint density at radius 1 is 1.22 bits per heavy atom. The van der Waals surface area contributed by atoms with Gasteiger partial charge < -0.3 is 0 Å². The van der Waals surface area contributed by atoms with Crippen molar-refractivity contribution in [2.45, 2.75) is 31.8 Å². The number of hydrogen-bond acceptors (Lipinski definition) is 4. The lowest BCUT2D eigenvalue weighted by Gasteiger charge is -2.42. The number of carbonyl (C=O) groups excluding carboxylic acids is 1. The van der Waals surface area contributed by atoms with Gasteiger partial charge in [-0.25, -0.2) is 0 Å². The number of halogens is 2. The Morgan fingerprint density at radius 2 is 2.00 bits per heavy atom. The van der Waals surface area contributed by atoms with E-state index in [0.717, 1.165) is 47.7 Å². The van der Waals surface area contributed by atoms with E-state index in [9.17, 15) is 4.79 Å². The summed E-state index contributed by atoms with van der Waals surface area (Å²) in [7, 11) is 2.04. The molecule has 1 aliphatic carbocycles. The Balaban J connectivity index is 1.82. The van der Waals surface area contributed by atoms with Gasteiger partial charge in [0.2, 0.25) is 0 Å². The maximum Gasteiger partial charge on any atom is 0.148 e. The van der Waals surface area contributed by atoms with Crippen molar-refractivity contribution in [3.8, 4) is 0 Å². The Morgan fingerprint density at radius 3 is 2.78 bits per heavy atom. The second-order valence-corrected chi connectivity index (χ2v) is 8.90. The number of benzene rings is 1. The normalized spacial score (nSPS) is 23.4. The average Bonchev–Trinajstić information content (AvgIpc) is 2.78. The summed E-state index contributed by atoms with van der Waals surface area (Å²) in [5, 5.41) is 0.771. The Labute approximate surface area is 173 Å². The van der Waals surface area contributed by atoms with Crippen LogP contribution in [0.15, 0.2) is 34.9 Å². The highest BCUT2D eigenvalue weighted by Crippen LogP contribution is 2.38. The van der Waals surface area contributed by atoms with Crippen LogP contribution >= 0.6 is 27.5 Å². The summed E-state index contributed by atoms with van der Waals surface area (Å²) in [6.45, 7) is 4.18. The van der Waals surface area contributed by atoms with Gasteiger partial charge in [-0.15, -0.1) is 0 Å². The number of Topliss-reactive ketones (excluding diaryl/α,β-unsaturated/α-hetero) is 1. The van der Waals surface area contributed by atoms with Crippen molar-refractivity contribution in [2.24, 2.45) is 0 Å². The third-order valence-corrected chi connectivity index (χ3v) is 6.47.